The Morgan fingerprint density at radius 2 is 1.86 bits per heavy atom. The molecule has 2 rings (SSSR count). The minimum atomic E-state index is 0.889. The van der Waals surface area contributed by atoms with Crippen LogP contribution in [0.25, 0.3) is 0 Å². The molecule has 0 radical (unpaired) electrons. The highest BCUT2D eigenvalue weighted by Crippen LogP contribution is 2.13. The second-order valence-electron chi connectivity index (χ2n) is 3.42. The van der Waals surface area contributed by atoms with Gasteiger partial charge in [0.25, 0.3) is 0 Å². The highest BCUT2D eigenvalue weighted by molar-refractivity contribution is 7.94. The van der Waals surface area contributed by atoms with E-state index >= 15 is 0 Å². The van der Waals surface area contributed by atoms with Crippen molar-refractivity contribution in [3.05, 3.63) is 0 Å². The molecule has 0 aromatic carbocycles. The molecule has 0 aliphatic carbocycles. The van der Waals surface area contributed by atoms with Crippen LogP contribution in [-0.2, 0) is 8.92 Å². The van der Waals surface area contributed by atoms with Crippen molar-refractivity contribution >= 4 is 12.0 Å². The molecule has 84 valence electrons. The predicted octanol–water partition coefficient (Wildman–Crippen LogP) is 1.83. The van der Waals surface area contributed by atoms with Gasteiger partial charge < -0.3 is 14.2 Å². The van der Waals surface area contributed by atoms with Crippen LogP contribution >= 0.6 is 12.0 Å². The first-order valence-corrected chi connectivity index (χ1v) is 6.44. The Balaban J connectivity index is 0.000000140. The molecule has 2 aliphatic rings. The van der Waals surface area contributed by atoms with Crippen LogP contribution in [0.5, 0.6) is 0 Å². The first-order valence-electron chi connectivity index (χ1n) is 5.53. The maximum atomic E-state index is 5.13. The third-order valence-electron chi connectivity index (χ3n) is 2.10. The maximum absolute atomic E-state index is 5.13. The SMILES string of the molecule is C1CCOSCC1.C1CNCCOC1. The lowest BCUT2D eigenvalue weighted by Crippen LogP contribution is -2.15. The van der Waals surface area contributed by atoms with Crippen LogP contribution in [0.1, 0.15) is 25.7 Å². The average molecular weight is 219 g/mol. The van der Waals surface area contributed by atoms with Crippen molar-refractivity contribution < 1.29 is 8.92 Å². The van der Waals surface area contributed by atoms with Gasteiger partial charge in [-0.25, -0.2) is 0 Å². The van der Waals surface area contributed by atoms with E-state index in [4.69, 9.17) is 8.92 Å². The zero-order valence-electron chi connectivity index (χ0n) is 8.80. The molecular weight excluding hydrogens is 198 g/mol. The highest BCUT2D eigenvalue weighted by Gasteiger charge is 1.96. The molecule has 0 unspecified atom stereocenters. The number of hydrogen-bond donors (Lipinski definition) is 1. The number of nitrogens with one attached hydrogen (secondary N) is 1. The van der Waals surface area contributed by atoms with E-state index in [0.29, 0.717) is 0 Å². The van der Waals surface area contributed by atoms with E-state index in [1.54, 1.807) is 12.0 Å². The normalized spacial score (nSPS) is 24.0. The quantitative estimate of drug-likeness (QED) is 0.630. The van der Waals surface area contributed by atoms with Gasteiger partial charge in [0.2, 0.25) is 0 Å². The van der Waals surface area contributed by atoms with Gasteiger partial charge in [-0.2, -0.15) is 0 Å². The van der Waals surface area contributed by atoms with Gasteiger partial charge in [0.1, 0.15) is 0 Å². The van der Waals surface area contributed by atoms with Gasteiger partial charge >= 0.3 is 0 Å². The molecule has 0 aromatic heterocycles. The van der Waals surface area contributed by atoms with Gasteiger partial charge in [-0.3, -0.25) is 0 Å². The van der Waals surface area contributed by atoms with E-state index in [2.05, 4.69) is 5.32 Å². The molecule has 3 nitrogen and oxygen atoms in total. The van der Waals surface area contributed by atoms with Crippen molar-refractivity contribution in [2.24, 2.45) is 0 Å². The standard InChI is InChI=1S/C5H11NO.C5H10OS/c1-2-6-3-5-7-4-1;1-2-4-6-7-5-3-1/h6H,1-5H2;1-5H2. The minimum absolute atomic E-state index is 0.889. The summed E-state index contributed by atoms with van der Waals surface area (Å²) in [6.07, 6.45) is 5.12. The molecule has 2 aliphatic heterocycles. The van der Waals surface area contributed by atoms with Gasteiger partial charge in [-0.1, -0.05) is 6.42 Å². The molecule has 4 heteroatoms. The first-order chi connectivity index (χ1) is 7.00. The molecule has 0 amide bonds. The van der Waals surface area contributed by atoms with E-state index in [-0.39, 0.29) is 0 Å². The van der Waals surface area contributed by atoms with Gasteiger partial charge in [-0.15, -0.1) is 0 Å². The van der Waals surface area contributed by atoms with E-state index in [9.17, 15) is 0 Å². The highest BCUT2D eigenvalue weighted by atomic mass is 32.2. The largest absolute Gasteiger partial charge is 0.380 e. The van der Waals surface area contributed by atoms with E-state index in [1.807, 2.05) is 0 Å². The van der Waals surface area contributed by atoms with Crippen LogP contribution in [-0.4, -0.2) is 38.7 Å². The fourth-order valence-electron chi connectivity index (χ4n) is 1.29. The number of rotatable bonds is 0. The molecule has 0 saturated carbocycles. The lowest BCUT2D eigenvalue weighted by Gasteiger charge is -1.91. The van der Waals surface area contributed by atoms with Crippen LogP contribution in [0.3, 0.4) is 0 Å². The van der Waals surface area contributed by atoms with Crippen molar-refractivity contribution in [3.63, 3.8) is 0 Å². The third kappa shape index (κ3) is 7.62. The molecule has 2 fully saturated rings. The summed E-state index contributed by atoms with van der Waals surface area (Å²) >= 11 is 1.62. The van der Waals surface area contributed by atoms with Crippen LogP contribution in [0, 0.1) is 0 Å². The zero-order valence-corrected chi connectivity index (χ0v) is 9.61. The second kappa shape index (κ2) is 9.77. The molecule has 2 saturated heterocycles. The van der Waals surface area contributed by atoms with Crippen molar-refractivity contribution in [1.82, 2.24) is 5.32 Å². The van der Waals surface area contributed by atoms with Crippen LogP contribution in [0.2, 0.25) is 0 Å². The summed E-state index contributed by atoms with van der Waals surface area (Å²) in [7, 11) is 0. The molecule has 2 heterocycles. The van der Waals surface area contributed by atoms with E-state index < -0.39 is 0 Å². The van der Waals surface area contributed by atoms with Gasteiger partial charge in [0, 0.05) is 18.9 Å². The molecule has 1 N–H and O–H groups in total. The molecule has 0 spiro atoms. The molecule has 0 atom stereocenters. The van der Waals surface area contributed by atoms with E-state index in [0.717, 1.165) is 32.9 Å². The van der Waals surface area contributed by atoms with Crippen LogP contribution in [0.15, 0.2) is 0 Å². The van der Waals surface area contributed by atoms with Crippen molar-refractivity contribution in [1.29, 1.82) is 0 Å². The van der Waals surface area contributed by atoms with Gasteiger partial charge in [0.15, 0.2) is 0 Å². The lowest BCUT2D eigenvalue weighted by molar-refractivity contribution is 0.151. The maximum Gasteiger partial charge on any atom is 0.0613 e. The average Bonchev–Trinajstić information content (AvgIpc) is 2.68. The summed E-state index contributed by atoms with van der Waals surface area (Å²) in [6, 6.07) is 0. The Morgan fingerprint density at radius 1 is 0.857 bits per heavy atom. The number of ether oxygens (including phenoxy) is 1. The first kappa shape index (κ1) is 12.3. The second-order valence-corrected chi connectivity index (χ2v) is 4.30. The molecule has 0 bridgehead atoms. The monoisotopic (exact) mass is 219 g/mol. The summed E-state index contributed by atoms with van der Waals surface area (Å²) in [5.74, 6) is 1.19. The fraction of sp³-hybridized carbons (Fsp3) is 1.00. The summed E-state index contributed by atoms with van der Waals surface area (Å²) in [5.41, 5.74) is 0. The van der Waals surface area contributed by atoms with Crippen molar-refractivity contribution in [2.45, 2.75) is 25.7 Å². The molecule has 0 aromatic rings. The lowest BCUT2D eigenvalue weighted by atomic mass is 10.3. The third-order valence-corrected chi connectivity index (χ3v) is 2.89. The van der Waals surface area contributed by atoms with E-state index in [1.165, 1.54) is 31.4 Å². The Morgan fingerprint density at radius 3 is 2.86 bits per heavy atom. The predicted molar refractivity (Wildman–Crippen MR) is 60.6 cm³/mol. The Kier molecular flexibility index (Phi) is 8.59. The summed E-state index contributed by atoms with van der Waals surface area (Å²) < 4.78 is 10.2. The van der Waals surface area contributed by atoms with Gasteiger partial charge in [-0.05, 0) is 37.8 Å². The van der Waals surface area contributed by atoms with Crippen LogP contribution < -0.4 is 5.32 Å². The zero-order chi connectivity index (χ0) is 9.90. The van der Waals surface area contributed by atoms with Crippen LogP contribution in [0.4, 0.5) is 0 Å². The smallest absolute Gasteiger partial charge is 0.0613 e. The topological polar surface area (TPSA) is 30.5 Å². The summed E-state index contributed by atoms with van der Waals surface area (Å²) in [5, 5.41) is 3.22. The minimum Gasteiger partial charge on any atom is -0.380 e. The Labute approximate surface area is 91.1 Å². The molecule has 14 heavy (non-hydrogen) atoms. The molecular formula is C10H21NO2S. The Hall–Kier alpha value is 0.230. The number of hydrogen-bond acceptors (Lipinski definition) is 4. The Bertz CT molecular complexity index is 71.4. The fourth-order valence-corrected chi connectivity index (χ4v) is 1.96. The summed E-state index contributed by atoms with van der Waals surface area (Å²) in [6.45, 7) is 4.94. The van der Waals surface area contributed by atoms with Gasteiger partial charge in [0.05, 0.1) is 13.2 Å². The van der Waals surface area contributed by atoms with Crippen molar-refractivity contribution in [3.8, 4) is 0 Å². The summed E-state index contributed by atoms with van der Waals surface area (Å²) in [4.78, 5) is 0. The van der Waals surface area contributed by atoms with Crippen molar-refractivity contribution in [2.75, 3.05) is 38.7 Å².